The van der Waals surface area contributed by atoms with Gasteiger partial charge in [-0.25, -0.2) is 9.79 Å². The molecule has 8 heteroatoms. The van der Waals surface area contributed by atoms with Gasteiger partial charge in [-0.05, 0) is 66.7 Å². The van der Waals surface area contributed by atoms with Gasteiger partial charge in [-0.2, -0.15) is 0 Å². The number of rotatable bonds is 4. The number of carbonyl (C=O) groups is 1. The first kappa shape index (κ1) is 23.8. The number of hydrogen-bond acceptors (Lipinski definition) is 5. The van der Waals surface area contributed by atoms with Crippen molar-refractivity contribution in [3.05, 3.63) is 106 Å². The molecule has 0 radical (unpaired) electrons. The second-order valence-electron chi connectivity index (χ2n) is 8.27. The number of allylic oxidation sites excluding steroid dienone is 2. The number of thiazole rings is 1. The van der Waals surface area contributed by atoms with E-state index in [9.17, 15) is 9.59 Å². The lowest BCUT2D eigenvalue weighted by Gasteiger charge is -2.31. The molecule has 1 atom stereocenters. The Morgan fingerprint density at radius 3 is 2.63 bits per heavy atom. The standard InChI is InChI=1S/C27H22Cl2N2O3S/c1-2-34-23(32)15-22-26(33)31-25(18-10-4-6-13-21(18)29)19-11-7-9-17(24(19)30-27(31)35-22)14-16-8-3-5-12-20(16)28/h3-6,8,10,12-15,25H,2,7,9,11H2,1H3/b17-14+,22-15-/t25-/m0/s1. The van der Waals surface area contributed by atoms with E-state index in [-0.39, 0.29) is 16.7 Å². The van der Waals surface area contributed by atoms with E-state index < -0.39 is 12.0 Å². The van der Waals surface area contributed by atoms with Crippen LogP contribution in [0, 0.1) is 0 Å². The van der Waals surface area contributed by atoms with E-state index in [1.54, 1.807) is 11.5 Å². The second kappa shape index (κ2) is 9.97. The summed E-state index contributed by atoms with van der Waals surface area (Å²) in [5.41, 5.74) is 4.45. The number of carbonyl (C=O) groups excluding carboxylic acids is 1. The van der Waals surface area contributed by atoms with Crippen LogP contribution in [0.25, 0.3) is 12.2 Å². The van der Waals surface area contributed by atoms with Crippen molar-refractivity contribution in [1.82, 2.24) is 4.57 Å². The minimum Gasteiger partial charge on any atom is -0.463 e. The lowest BCUT2D eigenvalue weighted by Crippen LogP contribution is -2.39. The number of nitrogens with zero attached hydrogens (tertiary/aromatic N) is 2. The summed E-state index contributed by atoms with van der Waals surface area (Å²) in [6.07, 6.45) is 5.88. The first-order valence-corrected chi connectivity index (χ1v) is 13.0. The van der Waals surface area contributed by atoms with E-state index in [2.05, 4.69) is 6.08 Å². The zero-order valence-corrected chi connectivity index (χ0v) is 21.3. The summed E-state index contributed by atoms with van der Waals surface area (Å²) < 4.78 is 6.98. The molecular formula is C27H22Cl2N2O3S. The summed E-state index contributed by atoms with van der Waals surface area (Å²) in [6.45, 7) is 1.96. The summed E-state index contributed by atoms with van der Waals surface area (Å²) in [4.78, 5) is 31.1. The van der Waals surface area contributed by atoms with Crippen LogP contribution in [0.3, 0.4) is 0 Å². The van der Waals surface area contributed by atoms with Gasteiger partial charge in [0.2, 0.25) is 0 Å². The van der Waals surface area contributed by atoms with Crippen molar-refractivity contribution in [2.24, 2.45) is 4.99 Å². The quantitative estimate of drug-likeness (QED) is 0.434. The molecule has 178 valence electrons. The summed E-state index contributed by atoms with van der Waals surface area (Å²) in [5.74, 6) is -0.546. The molecule has 1 aliphatic carbocycles. The molecule has 0 spiro atoms. The maximum absolute atomic E-state index is 13.5. The van der Waals surface area contributed by atoms with Gasteiger partial charge in [0, 0.05) is 16.1 Å². The van der Waals surface area contributed by atoms with Gasteiger partial charge in [-0.15, -0.1) is 0 Å². The zero-order chi connectivity index (χ0) is 24.5. The third kappa shape index (κ3) is 4.54. The number of esters is 1. The minimum atomic E-state index is -0.546. The molecular weight excluding hydrogens is 503 g/mol. The number of aromatic nitrogens is 1. The molecule has 0 saturated heterocycles. The third-order valence-electron chi connectivity index (χ3n) is 6.10. The summed E-state index contributed by atoms with van der Waals surface area (Å²) >= 11 is 14.3. The van der Waals surface area contributed by atoms with Crippen LogP contribution in [0.5, 0.6) is 0 Å². The number of hydrogen-bond donors (Lipinski definition) is 0. The molecule has 5 rings (SSSR count). The van der Waals surface area contributed by atoms with Crippen molar-refractivity contribution >= 4 is 52.7 Å². The van der Waals surface area contributed by atoms with E-state index in [0.717, 1.165) is 47.2 Å². The van der Waals surface area contributed by atoms with Crippen LogP contribution in [0.4, 0.5) is 0 Å². The van der Waals surface area contributed by atoms with Crippen molar-refractivity contribution in [2.45, 2.75) is 32.2 Å². The van der Waals surface area contributed by atoms with Crippen molar-refractivity contribution in [3.63, 3.8) is 0 Å². The van der Waals surface area contributed by atoms with E-state index in [1.807, 2.05) is 48.5 Å². The Balaban J connectivity index is 1.77. The average molecular weight is 525 g/mol. The first-order chi connectivity index (χ1) is 17.0. The summed E-state index contributed by atoms with van der Waals surface area (Å²) in [5, 5.41) is 1.25. The largest absolute Gasteiger partial charge is 0.463 e. The highest BCUT2D eigenvalue weighted by Gasteiger charge is 2.33. The molecule has 0 fully saturated rings. The number of ether oxygens (including phenoxy) is 1. The fourth-order valence-electron chi connectivity index (χ4n) is 4.60. The fourth-order valence-corrected chi connectivity index (χ4v) is 5.99. The van der Waals surface area contributed by atoms with E-state index >= 15 is 0 Å². The maximum Gasteiger partial charge on any atom is 0.332 e. The third-order valence-corrected chi connectivity index (χ3v) is 7.77. The summed E-state index contributed by atoms with van der Waals surface area (Å²) in [7, 11) is 0. The molecule has 0 saturated carbocycles. The molecule has 2 aromatic carbocycles. The molecule has 2 aliphatic rings. The Labute approximate surface area is 216 Å². The van der Waals surface area contributed by atoms with Crippen LogP contribution in [0.15, 0.2) is 75.2 Å². The monoisotopic (exact) mass is 524 g/mol. The van der Waals surface area contributed by atoms with Gasteiger partial charge in [0.05, 0.1) is 18.3 Å². The second-order valence-corrected chi connectivity index (χ2v) is 10.1. The molecule has 0 N–H and O–H groups in total. The Hall–Kier alpha value is -2.93. The molecule has 1 aromatic heterocycles. The molecule has 0 bridgehead atoms. The fraction of sp³-hybridized carbons (Fsp3) is 0.222. The normalized spacial score (nSPS) is 18.8. The molecule has 0 unspecified atom stereocenters. The molecule has 0 amide bonds. The number of halogens is 2. The molecule has 2 heterocycles. The lowest BCUT2D eigenvalue weighted by molar-refractivity contribution is -0.135. The van der Waals surface area contributed by atoms with Gasteiger partial charge in [-0.1, -0.05) is 70.9 Å². The molecule has 35 heavy (non-hydrogen) atoms. The Morgan fingerprint density at radius 2 is 1.89 bits per heavy atom. The Kier molecular flexibility index (Phi) is 6.78. The van der Waals surface area contributed by atoms with Gasteiger partial charge in [0.15, 0.2) is 4.80 Å². The van der Waals surface area contributed by atoms with Crippen LogP contribution in [0.2, 0.25) is 10.0 Å². The average Bonchev–Trinajstić information content (AvgIpc) is 3.15. The predicted octanol–water partition coefficient (Wildman–Crippen LogP) is 5.30. The van der Waals surface area contributed by atoms with Crippen LogP contribution in [0.1, 0.15) is 43.4 Å². The highest BCUT2D eigenvalue weighted by atomic mass is 35.5. The summed E-state index contributed by atoms with van der Waals surface area (Å²) in [6, 6.07) is 14.8. The van der Waals surface area contributed by atoms with E-state index in [0.29, 0.717) is 14.8 Å². The van der Waals surface area contributed by atoms with Crippen LogP contribution in [-0.2, 0) is 9.53 Å². The van der Waals surface area contributed by atoms with Crippen molar-refractivity contribution in [1.29, 1.82) is 0 Å². The van der Waals surface area contributed by atoms with Gasteiger partial charge in [-0.3, -0.25) is 9.36 Å². The zero-order valence-electron chi connectivity index (χ0n) is 19.0. The van der Waals surface area contributed by atoms with Crippen molar-refractivity contribution in [2.75, 3.05) is 6.61 Å². The Bertz CT molecular complexity index is 1570. The molecule has 1 aliphatic heterocycles. The first-order valence-electron chi connectivity index (χ1n) is 11.4. The van der Waals surface area contributed by atoms with Crippen LogP contribution >= 0.6 is 34.5 Å². The molecule has 5 nitrogen and oxygen atoms in total. The number of fused-ring (bicyclic) bond motifs is 1. The Morgan fingerprint density at radius 1 is 1.14 bits per heavy atom. The highest BCUT2D eigenvalue weighted by Crippen LogP contribution is 2.42. The van der Waals surface area contributed by atoms with Gasteiger partial charge in [0.1, 0.15) is 4.53 Å². The lowest BCUT2D eigenvalue weighted by atomic mass is 9.84. The van der Waals surface area contributed by atoms with Crippen molar-refractivity contribution in [3.8, 4) is 0 Å². The van der Waals surface area contributed by atoms with Gasteiger partial charge >= 0.3 is 5.97 Å². The van der Waals surface area contributed by atoms with Crippen LogP contribution in [-0.4, -0.2) is 17.1 Å². The van der Waals surface area contributed by atoms with E-state index in [1.165, 1.54) is 17.4 Å². The topological polar surface area (TPSA) is 60.7 Å². The van der Waals surface area contributed by atoms with E-state index in [4.69, 9.17) is 32.9 Å². The minimum absolute atomic E-state index is 0.237. The maximum atomic E-state index is 13.5. The van der Waals surface area contributed by atoms with Crippen molar-refractivity contribution < 1.29 is 9.53 Å². The predicted molar refractivity (Wildman–Crippen MR) is 140 cm³/mol. The van der Waals surface area contributed by atoms with Gasteiger partial charge in [0.25, 0.3) is 5.56 Å². The van der Waals surface area contributed by atoms with Crippen LogP contribution < -0.4 is 14.9 Å². The number of benzene rings is 2. The highest BCUT2D eigenvalue weighted by molar-refractivity contribution is 7.07. The smallest absolute Gasteiger partial charge is 0.332 e. The van der Waals surface area contributed by atoms with Gasteiger partial charge < -0.3 is 4.74 Å². The SMILES string of the molecule is CCOC(=O)/C=c1\sc2n(c1=O)[C@@H](c1ccccc1Cl)C1=C(N=2)/C(=C/c2ccccc2Cl)CCC1. The molecule has 3 aromatic rings.